The van der Waals surface area contributed by atoms with Gasteiger partial charge in [-0.15, -0.1) is 0 Å². The van der Waals surface area contributed by atoms with Crippen molar-refractivity contribution < 1.29 is 18.9 Å². The molecule has 0 aromatic carbocycles. The Balaban J connectivity index is 2.62. The third kappa shape index (κ3) is 16.9. The molecule has 1 aliphatic rings. The van der Waals surface area contributed by atoms with E-state index < -0.39 is 10.8 Å². The molecule has 8 nitrogen and oxygen atoms in total. The summed E-state index contributed by atoms with van der Waals surface area (Å²) in [5, 5.41) is 6.39. The maximum atomic E-state index is 13.8. The van der Waals surface area contributed by atoms with Crippen molar-refractivity contribution in [2.75, 3.05) is 67.5 Å². The molecule has 1 heterocycles. The molecule has 46 heavy (non-hydrogen) atoms. The first kappa shape index (κ1) is 42.4. The fourth-order valence-corrected chi connectivity index (χ4v) is 7.25. The van der Waals surface area contributed by atoms with Gasteiger partial charge in [-0.2, -0.15) is 0 Å². The zero-order valence-corrected chi connectivity index (χ0v) is 31.9. The summed E-state index contributed by atoms with van der Waals surface area (Å²) in [7, 11) is 8.67. The van der Waals surface area contributed by atoms with Gasteiger partial charge >= 0.3 is 0 Å². The van der Waals surface area contributed by atoms with Crippen LogP contribution in [0.1, 0.15) is 144 Å². The molecule has 1 aliphatic heterocycles. The van der Waals surface area contributed by atoms with Gasteiger partial charge in [0.25, 0.3) is 0 Å². The van der Waals surface area contributed by atoms with Gasteiger partial charge in [0.05, 0.1) is 27.2 Å². The first-order valence-electron chi connectivity index (χ1n) is 19.0. The quantitative estimate of drug-likeness (QED) is 0.0760. The summed E-state index contributed by atoms with van der Waals surface area (Å²) in [6, 6.07) is 0.00179. The van der Waals surface area contributed by atoms with Gasteiger partial charge in [-0.25, -0.2) is 0 Å². The van der Waals surface area contributed by atoms with Gasteiger partial charge in [0.1, 0.15) is 0 Å². The standard InChI is InChI=1S/C38H75N5O3/c1-10-12-13-14-15-16-17-18-19-20-29-43(8,9)30-23-26-39-35(45)37(3,4)32-38(5,36(46)40-25-22-27-41(6)7)31-33(11-2)42-28-21-24-34(42)44/h33H,10-32H2,1-9H3,(H-,39,40,45,46)/p+1. The summed E-state index contributed by atoms with van der Waals surface area (Å²) in [4.78, 5) is 44.0. The van der Waals surface area contributed by atoms with E-state index in [4.69, 9.17) is 0 Å². The Hall–Kier alpha value is -1.67. The predicted octanol–water partition coefficient (Wildman–Crippen LogP) is 6.77. The average molecular weight is 651 g/mol. The van der Waals surface area contributed by atoms with Crippen molar-refractivity contribution in [1.82, 2.24) is 20.4 Å². The molecule has 1 saturated heterocycles. The molecular formula is C38H76N5O3+. The minimum atomic E-state index is -0.767. The maximum Gasteiger partial charge on any atom is 0.226 e. The first-order chi connectivity index (χ1) is 21.7. The molecule has 1 rings (SSSR count). The van der Waals surface area contributed by atoms with E-state index in [1.807, 2.05) is 39.8 Å². The van der Waals surface area contributed by atoms with Crippen LogP contribution < -0.4 is 10.6 Å². The smallest absolute Gasteiger partial charge is 0.226 e. The summed E-state index contributed by atoms with van der Waals surface area (Å²) >= 11 is 0. The topological polar surface area (TPSA) is 81.8 Å². The molecule has 0 aliphatic carbocycles. The van der Waals surface area contributed by atoms with Crippen LogP contribution in [0.4, 0.5) is 0 Å². The summed E-state index contributed by atoms with van der Waals surface area (Å²) in [6.07, 6.45) is 18.6. The molecule has 0 radical (unpaired) electrons. The van der Waals surface area contributed by atoms with Crippen LogP contribution in [0, 0.1) is 10.8 Å². The number of carbonyl (C=O) groups is 3. The minimum absolute atomic E-state index is 0.00179. The number of nitrogens with one attached hydrogen (secondary N) is 2. The van der Waals surface area contributed by atoms with Crippen LogP contribution in [0.15, 0.2) is 0 Å². The lowest BCUT2D eigenvalue weighted by atomic mass is 9.69. The number of unbranched alkanes of at least 4 members (excludes halogenated alkanes) is 9. The van der Waals surface area contributed by atoms with Gasteiger partial charge in [-0.3, -0.25) is 14.4 Å². The van der Waals surface area contributed by atoms with Gasteiger partial charge in [0, 0.05) is 49.3 Å². The molecule has 3 amide bonds. The second-order valence-electron chi connectivity index (χ2n) is 16.2. The van der Waals surface area contributed by atoms with Crippen molar-refractivity contribution in [3.63, 3.8) is 0 Å². The third-order valence-electron chi connectivity index (χ3n) is 10.1. The fraction of sp³-hybridized carbons (Fsp3) is 0.921. The molecule has 2 N–H and O–H groups in total. The van der Waals surface area contributed by atoms with Crippen LogP contribution >= 0.6 is 0 Å². The average Bonchev–Trinajstić information content (AvgIpc) is 3.42. The van der Waals surface area contributed by atoms with Crippen LogP contribution in [-0.4, -0.2) is 106 Å². The Kier molecular flexibility index (Phi) is 20.3. The van der Waals surface area contributed by atoms with E-state index in [2.05, 4.69) is 43.5 Å². The van der Waals surface area contributed by atoms with Crippen LogP contribution in [-0.2, 0) is 14.4 Å². The van der Waals surface area contributed by atoms with Crippen molar-refractivity contribution in [3.8, 4) is 0 Å². The SMILES string of the molecule is CCCCCCCCCCCC[N+](C)(C)CCCNC(=O)C(C)(C)CC(C)(CC(CC)N1CCCC1=O)C(=O)NCCCN(C)C. The Morgan fingerprint density at radius 1 is 0.826 bits per heavy atom. The zero-order chi connectivity index (χ0) is 34.6. The number of nitrogens with zero attached hydrogens (tertiary/aromatic N) is 3. The largest absolute Gasteiger partial charge is 0.356 e. The van der Waals surface area contributed by atoms with E-state index in [1.165, 1.54) is 70.8 Å². The lowest BCUT2D eigenvalue weighted by Crippen LogP contribution is -2.50. The molecule has 0 bridgehead atoms. The number of carbonyl (C=O) groups excluding carboxylic acids is 3. The summed E-state index contributed by atoms with van der Waals surface area (Å²) in [6.45, 7) is 15.4. The highest BCUT2D eigenvalue weighted by Gasteiger charge is 2.44. The summed E-state index contributed by atoms with van der Waals surface area (Å²) in [5.41, 5.74) is -1.49. The van der Waals surface area contributed by atoms with Crippen molar-refractivity contribution in [2.45, 2.75) is 150 Å². The van der Waals surface area contributed by atoms with Crippen LogP contribution in [0.25, 0.3) is 0 Å². The third-order valence-corrected chi connectivity index (χ3v) is 10.1. The maximum absolute atomic E-state index is 13.8. The van der Waals surface area contributed by atoms with Gasteiger partial charge in [0.15, 0.2) is 0 Å². The fourth-order valence-electron chi connectivity index (χ4n) is 7.25. The van der Waals surface area contributed by atoms with E-state index >= 15 is 0 Å². The van der Waals surface area contributed by atoms with Crippen LogP contribution in [0.2, 0.25) is 0 Å². The molecule has 0 aromatic rings. The second kappa shape index (κ2) is 22.1. The molecule has 0 saturated carbocycles. The highest BCUT2D eigenvalue weighted by molar-refractivity contribution is 5.86. The lowest BCUT2D eigenvalue weighted by Gasteiger charge is -2.40. The van der Waals surface area contributed by atoms with Crippen molar-refractivity contribution in [2.24, 2.45) is 10.8 Å². The second-order valence-corrected chi connectivity index (χ2v) is 16.2. The van der Waals surface area contributed by atoms with Gasteiger partial charge < -0.3 is 24.9 Å². The number of amides is 3. The Bertz CT molecular complexity index is 874. The zero-order valence-electron chi connectivity index (χ0n) is 31.9. The Morgan fingerprint density at radius 3 is 1.91 bits per heavy atom. The summed E-state index contributed by atoms with van der Waals surface area (Å²) in [5.74, 6) is 0.180. The normalized spacial score (nSPS) is 16.1. The van der Waals surface area contributed by atoms with Gasteiger partial charge in [-0.1, -0.05) is 86.0 Å². The molecule has 2 atom stereocenters. The first-order valence-corrected chi connectivity index (χ1v) is 19.0. The van der Waals surface area contributed by atoms with E-state index in [0.29, 0.717) is 32.4 Å². The number of likely N-dealkylation sites (tertiary alicyclic amines) is 1. The predicted molar refractivity (Wildman–Crippen MR) is 194 cm³/mol. The van der Waals surface area contributed by atoms with E-state index in [9.17, 15) is 14.4 Å². The van der Waals surface area contributed by atoms with E-state index in [-0.39, 0.29) is 23.8 Å². The van der Waals surface area contributed by atoms with Crippen molar-refractivity contribution in [1.29, 1.82) is 0 Å². The number of hydrogen-bond acceptors (Lipinski definition) is 4. The summed E-state index contributed by atoms with van der Waals surface area (Å²) < 4.78 is 0.982. The van der Waals surface area contributed by atoms with Gasteiger partial charge in [0.2, 0.25) is 17.7 Å². The Labute approximate surface area is 284 Å². The molecule has 0 aromatic heterocycles. The van der Waals surface area contributed by atoms with E-state index in [0.717, 1.165) is 49.8 Å². The van der Waals surface area contributed by atoms with Crippen LogP contribution in [0.5, 0.6) is 0 Å². The van der Waals surface area contributed by atoms with Crippen LogP contribution in [0.3, 0.4) is 0 Å². The molecule has 2 unspecified atom stereocenters. The van der Waals surface area contributed by atoms with Crippen molar-refractivity contribution in [3.05, 3.63) is 0 Å². The van der Waals surface area contributed by atoms with Crippen molar-refractivity contribution >= 4 is 17.7 Å². The lowest BCUT2D eigenvalue weighted by molar-refractivity contribution is -0.890. The highest BCUT2D eigenvalue weighted by atomic mass is 16.2. The molecule has 0 spiro atoms. The highest BCUT2D eigenvalue weighted by Crippen LogP contribution is 2.40. The van der Waals surface area contributed by atoms with Gasteiger partial charge in [-0.05, 0) is 65.6 Å². The minimum Gasteiger partial charge on any atom is -0.356 e. The monoisotopic (exact) mass is 651 g/mol. The molecule has 8 heteroatoms. The van der Waals surface area contributed by atoms with E-state index in [1.54, 1.807) is 0 Å². The Morgan fingerprint density at radius 2 is 1.37 bits per heavy atom. The molecular weight excluding hydrogens is 574 g/mol. The number of quaternary nitrogens is 1. The number of hydrogen-bond donors (Lipinski definition) is 2. The molecule has 270 valence electrons. The molecule has 1 fully saturated rings. The number of rotatable bonds is 27.